The molecular weight excluding hydrogens is 356 g/mol. The maximum absolute atomic E-state index is 11.9. The summed E-state index contributed by atoms with van der Waals surface area (Å²) < 4.78 is 23.4. The minimum Gasteiger partial charge on any atom is -0.366 e. The Kier molecular flexibility index (Phi) is 3.92. The number of primary amides is 1. The van der Waals surface area contributed by atoms with Gasteiger partial charge in [0, 0.05) is 11.6 Å². The van der Waals surface area contributed by atoms with Gasteiger partial charge in [0.25, 0.3) is 5.91 Å². The van der Waals surface area contributed by atoms with Crippen LogP contribution in [0.1, 0.15) is 34.7 Å². The van der Waals surface area contributed by atoms with Crippen LogP contribution in [-0.2, 0) is 9.84 Å². The number of thiophene rings is 1. The molecule has 3 aromatic rings. The van der Waals surface area contributed by atoms with Crippen molar-refractivity contribution in [2.75, 3.05) is 11.5 Å². The molecule has 1 aliphatic heterocycles. The number of rotatable bonds is 3. The Labute approximate surface area is 149 Å². The van der Waals surface area contributed by atoms with Gasteiger partial charge < -0.3 is 10.7 Å². The minimum atomic E-state index is -2.91. The van der Waals surface area contributed by atoms with Crippen LogP contribution in [0.25, 0.3) is 22.0 Å². The van der Waals surface area contributed by atoms with Crippen LogP contribution in [0.15, 0.2) is 35.2 Å². The Morgan fingerprint density at radius 1 is 1.20 bits per heavy atom. The molecule has 0 bridgehead atoms. The molecule has 1 amide bonds. The van der Waals surface area contributed by atoms with Gasteiger partial charge in [-0.3, -0.25) is 4.79 Å². The van der Waals surface area contributed by atoms with Crippen LogP contribution in [-0.4, -0.2) is 30.8 Å². The van der Waals surface area contributed by atoms with Gasteiger partial charge in [0.1, 0.15) is 9.84 Å². The smallest absolute Gasteiger partial charge is 0.250 e. The number of sulfone groups is 1. The third kappa shape index (κ3) is 2.98. The van der Waals surface area contributed by atoms with E-state index in [1.807, 2.05) is 29.1 Å². The number of amides is 1. The van der Waals surface area contributed by atoms with Gasteiger partial charge in [0.15, 0.2) is 0 Å². The average molecular weight is 374 g/mol. The fraction of sp³-hybridized carbons (Fsp3) is 0.278. The van der Waals surface area contributed by atoms with Crippen LogP contribution in [0.5, 0.6) is 0 Å². The quantitative estimate of drug-likeness (QED) is 0.737. The van der Waals surface area contributed by atoms with Gasteiger partial charge in [0.2, 0.25) is 0 Å². The Morgan fingerprint density at radius 2 is 1.96 bits per heavy atom. The Balaban J connectivity index is 1.85. The number of benzene rings is 1. The summed E-state index contributed by atoms with van der Waals surface area (Å²) in [6, 6.07) is 5.90. The van der Waals surface area contributed by atoms with E-state index >= 15 is 0 Å². The highest BCUT2D eigenvalue weighted by Crippen LogP contribution is 2.37. The maximum Gasteiger partial charge on any atom is 0.250 e. The highest BCUT2D eigenvalue weighted by molar-refractivity contribution is 7.91. The molecule has 0 radical (unpaired) electrons. The number of H-pyrrole nitrogens is 1. The Morgan fingerprint density at radius 3 is 2.60 bits per heavy atom. The van der Waals surface area contributed by atoms with Gasteiger partial charge in [-0.2, -0.15) is 11.3 Å². The predicted molar refractivity (Wildman–Crippen MR) is 101 cm³/mol. The lowest BCUT2D eigenvalue weighted by Gasteiger charge is -2.21. The summed E-state index contributed by atoms with van der Waals surface area (Å²) >= 11 is 1.60. The summed E-state index contributed by atoms with van der Waals surface area (Å²) in [5.41, 5.74) is 9.86. The zero-order chi connectivity index (χ0) is 17.6. The number of aromatic amines is 1. The molecule has 3 N–H and O–H groups in total. The van der Waals surface area contributed by atoms with Crippen LogP contribution in [0.4, 0.5) is 0 Å². The van der Waals surface area contributed by atoms with Crippen molar-refractivity contribution in [3.05, 3.63) is 46.3 Å². The normalized spacial score (nSPS) is 17.8. The van der Waals surface area contributed by atoms with Crippen LogP contribution in [0.3, 0.4) is 0 Å². The monoisotopic (exact) mass is 374 g/mol. The Bertz CT molecular complexity index is 1040. The van der Waals surface area contributed by atoms with E-state index in [0.29, 0.717) is 18.4 Å². The minimum absolute atomic E-state index is 0.177. The SMILES string of the molecule is NC(=O)c1cc(-c2ccsc2)cc2c(C3CCS(=O)(=O)CC3)c[nH]c12. The molecule has 1 aliphatic rings. The third-order valence-electron chi connectivity index (χ3n) is 4.94. The summed E-state index contributed by atoms with van der Waals surface area (Å²) in [7, 11) is -2.91. The van der Waals surface area contributed by atoms with E-state index < -0.39 is 15.7 Å². The molecule has 5 nitrogen and oxygen atoms in total. The van der Waals surface area contributed by atoms with Gasteiger partial charge in [-0.25, -0.2) is 8.42 Å². The summed E-state index contributed by atoms with van der Waals surface area (Å²) in [6.45, 7) is 0. The van der Waals surface area contributed by atoms with Crippen molar-refractivity contribution in [1.82, 2.24) is 4.98 Å². The standard InChI is InChI=1S/C18H18N2O3S2/c19-18(21)15-8-13(12-1-4-24-10-12)7-14-16(9-20-17(14)15)11-2-5-25(22,23)6-3-11/h1,4,7-11,20H,2-3,5-6H2,(H2,19,21). The molecule has 7 heteroatoms. The number of carbonyl (C=O) groups is 1. The first-order chi connectivity index (χ1) is 11.9. The van der Waals surface area contributed by atoms with Gasteiger partial charge in [0.05, 0.1) is 22.6 Å². The lowest BCUT2D eigenvalue weighted by Crippen LogP contribution is -2.22. The van der Waals surface area contributed by atoms with Crippen molar-refractivity contribution in [2.24, 2.45) is 5.73 Å². The lowest BCUT2D eigenvalue weighted by atomic mass is 9.91. The summed E-state index contributed by atoms with van der Waals surface area (Å²) in [5, 5.41) is 4.99. The van der Waals surface area contributed by atoms with E-state index in [-0.39, 0.29) is 17.4 Å². The summed E-state index contributed by atoms with van der Waals surface area (Å²) in [6.07, 6.45) is 3.13. The molecule has 3 heterocycles. The molecule has 0 atom stereocenters. The number of nitrogens with one attached hydrogen (secondary N) is 1. The van der Waals surface area contributed by atoms with Crippen molar-refractivity contribution in [3.8, 4) is 11.1 Å². The average Bonchev–Trinajstić information content (AvgIpc) is 3.23. The van der Waals surface area contributed by atoms with Crippen molar-refractivity contribution in [2.45, 2.75) is 18.8 Å². The van der Waals surface area contributed by atoms with Gasteiger partial charge in [-0.1, -0.05) is 0 Å². The van der Waals surface area contributed by atoms with Gasteiger partial charge in [-0.15, -0.1) is 0 Å². The first kappa shape index (κ1) is 16.4. The number of nitrogens with two attached hydrogens (primary N) is 1. The van der Waals surface area contributed by atoms with Crippen LogP contribution < -0.4 is 5.73 Å². The summed E-state index contributed by atoms with van der Waals surface area (Å²) in [4.78, 5) is 15.1. The fourth-order valence-corrected chi connectivity index (χ4v) is 5.74. The molecule has 1 saturated heterocycles. The topological polar surface area (TPSA) is 93.0 Å². The van der Waals surface area contributed by atoms with E-state index in [1.54, 1.807) is 11.3 Å². The highest BCUT2D eigenvalue weighted by atomic mass is 32.2. The van der Waals surface area contributed by atoms with Gasteiger partial charge >= 0.3 is 0 Å². The second-order valence-electron chi connectivity index (χ2n) is 6.49. The molecule has 1 aromatic carbocycles. The predicted octanol–water partition coefficient (Wildman–Crippen LogP) is 3.29. The van der Waals surface area contributed by atoms with E-state index in [4.69, 9.17) is 5.73 Å². The first-order valence-electron chi connectivity index (χ1n) is 8.12. The van der Waals surface area contributed by atoms with Crippen molar-refractivity contribution in [1.29, 1.82) is 0 Å². The second-order valence-corrected chi connectivity index (χ2v) is 9.58. The molecule has 4 rings (SSSR count). The lowest BCUT2D eigenvalue weighted by molar-refractivity contribution is 0.100. The van der Waals surface area contributed by atoms with E-state index in [0.717, 1.165) is 27.6 Å². The number of hydrogen-bond acceptors (Lipinski definition) is 4. The van der Waals surface area contributed by atoms with Crippen LogP contribution in [0.2, 0.25) is 0 Å². The zero-order valence-electron chi connectivity index (χ0n) is 13.5. The van der Waals surface area contributed by atoms with E-state index in [1.165, 1.54) is 0 Å². The molecule has 25 heavy (non-hydrogen) atoms. The van der Waals surface area contributed by atoms with E-state index in [9.17, 15) is 13.2 Å². The van der Waals surface area contributed by atoms with Crippen LogP contribution in [0, 0.1) is 0 Å². The third-order valence-corrected chi connectivity index (χ3v) is 7.33. The second kappa shape index (κ2) is 6.00. The number of fused-ring (bicyclic) bond motifs is 1. The number of carbonyl (C=O) groups excluding carboxylic acids is 1. The highest BCUT2D eigenvalue weighted by Gasteiger charge is 2.27. The molecule has 130 valence electrons. The van der Waals surface area contributed by atoms with E-state index in [2.05, 4.69) is 11.1 Å². The maximum atomic E-state index is 11.9. The largest absolute Gasteiger partial charge is 0.366 e. The molecular formula is C18H18N2O3S2. The first-order valence-corrected chi connectivity index (χ1v) is 10.9. The van der Waals surface area contributed by atoms with Crippen molar-refractivity contribution >= 4 is 38.0 Å². The number of hydrogen-bond donors (Lipinski definition) is 2. The van der Waals surface area contributed by atoms with Crippen molar-refractivity contribution < 1.29 is 13.2 Å². The summed E-state index contributed by atoms with van der Waals surface area (Å²) in [5.74, 6) is 0.145. The van der Waals surface area contributed by atoms with Gasteiger partial charge in [-0.05, 0) is 64.4 Å². The molecule has 0 saturated carbocycles. The molecule has 1 fully saturated rings. The molecule has 0 spiro atoms. The molecule has 0 aliphatic carbocycles. The number of aromatic nitrogens is 1. The van der Waals surface area contributed by atoms with Crippen LogP contribution >= 0.6 is 11.3 Å². The Hall–Kier alpha value is -2.12. The fourth-order valence-electron chi connectivity index (χ4n) is 3.58. The molecule has 0 unspecified atom stereocenters. The molecule has 2 aromatic heterocycles. The van der Waals surface area contributed by atoms with Crippen molar-refractivity contribution in [3.63, 3.8) is 0 Å². The zero-order valence-corrected chi connectivity index (χ0v) is 15.1.